The highest BCUT2D eigenvalue weighted by Crippen LogP contribution is 2.67. The maximum absolute atomic E-state index is 7.77. The molecule has 6 aromatic rings. The summed E-state index contributed by atoms with van der Waals surface area (Å²) in [4.78, 5) is 4.86. The minimum Gasteiger partial charge on any atom is -0.341 e. The molecule has 3 heterocycles. The molecule has 49 heavy (non-hydrogen) atoms. The summed E-state index contributed by atoms with van der Waals surface area (Å²) in [7, 11) is -2.03. The SMILES string of the molecule is CC1(C)O[C@@H]2[C@@H](O1)C(c1ccccc1)(c1ccccc1)OP(N(c1ccccc1)c1ccccn1)OC2(c1ccccc1)c1ccccc1. The van der Waals surface area contributed by atoms with Crippen LogP contribution in [0.15, 0.2) is 176 Å². The average Bonchev–Trinajstić information content (AvgIpc) is 3.44. The lowest BCUT2D eigenvalue weighted by Crippen LogP contribution is -2.53. The van der Waals surface area contributed by atoms with Crippen molar-refractivity contribution in [3.63, 3.8) is 0 Å². The van der Waals surface area contributed by atoms with E-state index in [0.29, 0.717) is 5.82 Å². The van der Waals surface area contributed by atoms with Gasteiger partial charge in [-0.3, -0.25) is 13.7 Å². The summed E-state index contributed by atoms with van der Waals surface area (Å²) in [6.45, 7) is 3.94. The molecule has 0 amide bonds. The molecule has 2 aliphatic rings. The lowest BCUT2D eigenvalue weighted by atomic mass is 9.72. The number of pyridine rings is 1. The molecular formula is C42H37N2O4P. The Morgan fingerprint density at radius 2 is 0.857 bits per heavy atom. The maximum atomic E-state index is 7.77. The highest BCUT2D eigenvalue weighted by Gasteiger charge is 2.67. The number of anilines is 2. The molecule has 244 valence electrons. The van der Waals surface area contributed by atoms with Crippen LogP contribution < -0.4 is 4.67 Å². The first-order chi connectivity index (χ1) is 24.0. The third kappa shape index (κ3) is 5.56. The van der Waals surface area contributed by atoms with Crippen LogP contribution in [0.5, 0.6) is 0 Å². The summed E-state index contributed by atoms with van der Waals surface area (Å²) < 4.78 is 31.9. The highest BCUT2D eigenvalue weighted by molar-refractivity contribution is 7.49. The molecule has 0 bridgehead atoms. The molecule has 8 rings (SSSR count). The van der Waals surface area contributed by atoms with E-state index >= 15 is 0 Å². The molecule has 7 heteroatoms. The number of aromatic nitrogens is 1. The summed E-state index contributed by atoms with van der Waals surface area (Å²) in [5, 5.41) is 0. The second-order valence-electron chi connectivity index (χ2n) is 12.7. The van der Waals surface area contributed by atoms with Crippen LogP contribution in [-0.2, 0) is 29.7 Å². The highest BCUT2D eigenvalue weighted by atomic mass is 31.2. The second-order valence-corrected chi connectivity index (χ2v) is 13.9. The van der Waals surface area contributed by atoms with E-state index in [9.17, 15) is 0 Å². The third-order valence-corrected chi connectivity index (χ3v) is 10.8. The fourth-order valence-electron chi connectivity index (χ4n) is 7.11. The fourth-order valence-corrected chi connectivity index (χ4v) is 9.04. The summed E-state index contributed by atoms with van der Waals surface area (Å²) in [6, 6.07) is 57.4. The number of ether oxygens (including phenoxy) is 2. The zero-order chi connectivity index (χ0) is 33.3. The molecule has 0 unspecified atom stereocenters. The Kier molecular flexibility index (Phi) is 8.36. The van der Waals surface area contributed by atoms with E-state index in [0.717, 1.165) is 27.9 Å². The first-order valence-electron chi connectivity index (χ1n) is 16.5. The lowest BCUT2D eigenvalue weighted by Gasteiger charge is -2.41. The number of para-hydroxylation sites is 1. The zero-order valence-corrected chi connectivity index (χ0v) is 28.3. The van der Waals surface area contributed by atoms with Crippen molar-refractivity contribution in [2.75, 3.05) is 4.67 Å². The van der Waals surface area contributed by atoms with Gasteiger partial charge in [-0.15, -0.1) is 0 Å². The summed E-state index contributed by atoms with van der Waals surface area (Å²) >= 11 is 0. The largest absolute Gasteiger partial charge is 0.341 e. The van der Waals surface area contributed by atoms with Gasteiger partial charge in [0.2, 0.25) is 0 Å². The quantitative estimate of drug-likeness (QED) is 0.158. The summed E-state index contributed by atoms with van der Waals surface area (Å²) in [5.41, 5.74) is 2.24. The van der Waals surface area contributed by atoms with Crippen molar-refractivity contribution in [1.29, 1.82) is 0 Å². The molecule has 0 aliphatic carbocycles. The van der Waals surface area contributed by atoms with Crippen LogP contribution in [0.4, 0.5) is 11.5 Å². The van der Waals surface area contributed by atoms with Crippen molar-refractivity contribution in [2.24, 2.45) is 0 Å². The average molecular weight is 665 g/mol. The van der Waals surface area contributed by atoms with Crippen LogP contribution >= 0.6 is 8.53 Å². The molecule has 0 saturated carbocycles. The molecule has 1 aromatic heterocycles. The van der Waals surface area contributed by atoms with Crippen molar-refractivity contribution < 1.29 is 18.5 Å². The summed E-state index contributed by atoms with van der Waals surface area (Å²) in [5.74, 6) is -0.273. The molecule has 0 N–H and O–H groups in total. The Morgan fingerprint density at radius 1 is 0.490 bits per heavy atom. The van der Waals surface area contributed by atoms with Crippen LogP contribution in [0.25, 0.3) is 0 Å². The monoisotopic (exact) mass is 664 g/mol. The van der Waals surface area contributed by atoms with Crippen molar-refractivity contribution in [3.05, 3.63) is 198 Å². The topological polar surface area (TPSA) is 53.0 Å². The maximum Gasteiger partial charge on any atom is 0.298 e. The Balaban J connectivity index is 1.50. The van der Waals surface area contributed by atoms with Gasteiger partial charge in [0.15, 0.2) is 17.0 Å². The van der Waals surface area contributed by atoms with Gasteiger partial charge in [0.1, 0.15) is 18.0 Å². The van der Waals surface area contributed by atoms with Gasteiger partial charge < -0.3 is 9.47 Å². The van der Waals surface area contributed by atoms with Gasteiger partial charge in [0, 0.05) is 6.20 Å². The van der Waals surface area contributed by atoms with Crippen LogP contribution in [0.2, 0.25) is 0 Å². The molecule has 0 radical (unpaired) electrons. The molecule has 2 atom stereocenters. The van der Waals surface area contributed by atoms with E-state index in [1.165, 1.54) is 0 Å². The summed E-state index contributed by atoms with van der Waals surface area (Å²) in [6.07, 6.45) is 0.466. The van der Waals surface area contributed by atoms with Crippen molar-refractivity contribution in [3.8, 4) is 0 Å². The number of fused-ring (bicyclic) bond motifs is 1. The molecule has 5 aromatic carbocycles. The Labute approximate surface area is 288 Å². The Hall–Kier alpha value is -4.68. The van der Waals surface area contributed by atoms with Gasteiger partial charge in [0.05, 0.1) is 5.69 Å². The number of hydrogen-bond donors (Lipinski definition) is 0. The fraction of sp³-hybridized carbons (Fsp3) is 0.167. The van der Waals surface area contributed by atoms with E-state index in [2.05, 4.69) is 65.3 Å². The normalized spacial score (nSPS) is 20.9. The van der Waals surface area contributed by atoms with Gasteiger partial charge in [-0.25, -0.2) is 4.98 Å². The molecule has 0 spiro atoms. The minimum atomic E-state index is -2.03. The van der Waals surface area contributed by atoms with Crippen molar-refractivity contribution >= 4 is 20.0 Å². The van der Waals surface area contributed by atoms with Crippen LogP contribution in [0.1, 0.15) is 36.1 Å². The van der Waals surface area contributed by atoms with E-state index < -0.39 is 37.7 Å². The molecule has 2 aliphatic heterocycles. The van der Waals surface area contributed by atoms with Gasteiger partial charge in [-0.1, -0.05) is 146 Å². The Bertz CT molecular complexity index is 1750. The van der Waals surface area contributed by atoms with Crippen molar-refractivity contribution in [1.82, 2.24) is 4.98 Å². The van der Waals surface area contributed by atoms with Crippen LogP contribution in [-0.4, -0.2) is 23.0 Å². The Morgan fingerprint density at radius 3 is 1.22 bits per heavy atom. The number of hydrogen-bond acceptors (Lipinski definition) is 6. The van der Waals surface area contributed by atoms with Gasteiger partial charge >= 0.3 is 0 Å². The van der Waals surface area contributed by atoms with Gasteiger partial charge in [0.25, 0.3) is 8.53 Å². The molecule has 6 nitrogen and oxygen atoms in total. The molecule has 2 saturated heterocycles. The van der Waals surface area contributed by atoms with E-state index in [-0.39, 0.29) is 0 Å². The van der Waals surface area contributed by atoms with E-state index in [1.807, 2.05) is 123 Å². The van der Waals surface area contributed by atoms with E-state index in [1.54, 1.807) is 6.20 Å². The molecule has 2 fully saturated rings. The van der Waals surface area contributed by atoms with Crippen LogP contribution in [0.3, 0.4) is 0 Å². The van der Waals surface area contributed by atoms with Crippen molar-refractivity contribution in [2.45, 2.75) is 43.0 Å². The number of benzene rings is 5. The first kappa shape index (κ1) is 31.6. The smallest absolute Gasteiger partial charge is 0.298 e. The van der Waals surface area contributed by atoms with Gasteiger partial charge in [-0.05, 0) is 60.4 Å². The molecular weight excluding hydrogens is 627 g/mol. The number of nitrogens with zero attached hydrogens (tertiary/aromatic N) is 2. The predicted molar refractivity (Wildman–Crippen MR) is 193 cm³/mol. The lowest BCUT2D eigenvalue weighted by molar-refractivity contribution is -0.174. The standard InChI is InChI=1S/C42H37N2O4P/c1-40(2)45-38-39(46-40)42(34-24-12-5-13-25-34,35-26-14-6-15-27-35)48-49(44(36-28-16-7-17-29-36)37-30-18-19-31-43-37)47-41(38,32-20-8-3-9-21-32)33-22-10-4-11-23-33/h3-31,38-39H,1-2H3/t38-,39-/m1/s1. The minimum absolute atomic E-state index is 0.665. The zero-order valence-electron chi connectivity index (χ0n) is 27.4. The van der Waals surface area contributed by atoms with E-state index in [4.69, 9.17) is 23.5 Å². The van der Waals surface area contributed by atoms with Crippen LogP contribution in [0, 0.1) is 0 Å². The third-order valence-electron chi connectivity index (χ3n) is 9.18. The number of rotatable bonds is 7. The second kappa shape index (κ2) is 13.0. The predicted octanol–water partition coefficient (Wildman–Crippen LogP) is 9.90. The first-order valence-corrected chi connectivity index (χ1v) is 17.7. The van der Waals surface area contributed by atoms with Gasteiger partial charge in [-0.2, -0.15) is 0 Å².